The Balaban J connectivity index is 2.81. The molecule has 0 N–H and O–H groups in total. The predicted molar refractivity (Wildman–Crippen MR) is 90.3 cm³/mol. The maximum atomic E-state index is 12.3. The highest BCUT2D eigenvalue weighted by atomic mass is 16.5. The van der Waals surface area contributed by atoms with Crippen LogP contribution >= 0.6 is 0 Å². The van der Waals surface area contributed by atoms with Gasteiger partial charge in [-0.25, -0.2) is 0 Å². The molecule has 0 aromatic heterocycles. The summed E-state index contributed by atoms with van der Waals surface area (Å²) in [6.45, 7) is 9.99. The summed E-state index contributed by atoms with van der Waals surface area (Å²) in [5.74, 6) is 1.19. The fourth-order valence-electron chi connectivity index (χ4n) is 2.49. The Morgan fingerprint density at radius 2 is 1.82 bits per heavy atom. The molecule has 4 heteroatoms. The van der Waals surface area contributed by atoms with Crippen molar-refractivity contribution in [1.82, 2.24) is 4.90 Å². The maximum Gasteiger partial charge on any atom is 0.260 e. The van der Waals surface area contributed by atoms with E-state index in [2.05, 4.69) is 0 Å². The Hall–Kier alpha value is -1.97. The largest absolute Gasteiger partial charge is 0.493 e. The Morgan fingerprint density at radius 3 is 2.32 bits per heavy atom. The Kier molecular flexibility index (Phi) is 6.96. The molecule has 0 unspecified atom stereocenters. The average Bonchev–Trinajstić information content (AvgIpc) is 2.45. The first-order valence-electron chi connectivity index (χ1n) is 7.65. The number of carbonyl (C=O) groups excluding carboxylic acids is 1. The topological polar surface area (TPSA) is 38.8 Å². The molecular formula is C18H27NO3. The van der Waals surface area contributed by atoms with Gasteiger partial charge in [-0.2, -0.15) is 0 Å². The fourth-order valence-corrected chi connectivity index (χ4v) is 2.49. The molecule has 0 aliphatic rings. The van der Waals surface area contributed by atoms with Gasteiger partial charge in [-0.15, -0.1) is 0 Å². The molecule has 0 fully saturated rings. The number of allylic oxidation sites excluding steroid dienone is 1. The number of hydrogen-bond acceptors (Lipinski definition) is 3. The molecule has 1 aromatic carbocycles. The lowest BCUT2D eigenvalue weighted by molar-refractivity contribution is -0.137. The molecule has 0 spiro atoms. The van der Waals surface area contributed by atoms with Crippen LogP contribution in [-0.2, 0) is 4.79 Å². The van der Waals surface area contributed by atoms with E-state index in [0.717, 1.165) is 5.56 Å². The second kappa shape index (κ2) is 8.47. The van der Waals surface area contributed by atoms with Crippen LogP contribution in [0.2, 0.25) is 0 Å². The minimum Gasteiger partial charge on any atom is -0.493 e. The van der Waals surface area contributed by atoms with Gasteiger partial charge in [-0.05, 0) is 52.3 Å². The highest BCUT2D eigenvalue weighted by molar-refractivity contribution is 5.78. The number of rotatable bonds is 7. The summed E-state index contributed by atoms with van der Waals surface area (Å²) in [4.78, 5) is 14.1. The van der Waals surface area contributed by atoms with Gasteiger partial charge < -0.3 is 14.4 Å². The van der Waals surface area contributed by atoms with Crippen LogP contribution in [0.25, 0.3) is 6.08 Å². The average molecular weight is 305 g/mol. The maximum absolute atomic E-state index is 12.3. The highest BCUT2D eigenvalue weighted by Crippen LogP contribution is 2.28. The molecular weight excluding hydrogens is 278 g/mol. The van der Waals surface area contributed by atoms with Gasteiger partial charge in [0.05, 0.1) is 7.11 Å². The zero-order chi connectivity index (χ0) is 16.7. The summed E-state index contributed by atoms with van der Waals surface area (Å²) in [5.41, 5.74) is 1.03. The molecule has 4 nitrogen and oxygen atoms in total. The summed E-state index contributed by atoms with van der Waals surface area (Å²) in [6, 6.07) is 5.95. The van der Waals surface area contributed by atoms with E-state index >= 15 is 0 Å². The van der Waals surface area contributed by atoms with Crippen molar-refractivity contribution < 1.29 is 14.3 Å². The van der Waals surface area contributed by atoms with Gasteiger partial charge in [0, 0.05) is 12.1 Å². The van der Waals surface area contributed by atoms with E-state index in [1.807, 2.05) is 69.9 Å². The molecule has 0 heterocycles. The van der Waals surface area contributed by atoms with Crippen molar-refractivity contribution in [2.24, 2.45) is 0 Å². The van der Waals surface area contributed by atoms with Gasteiger partial charge in [0.2, 0.25) is 0 Å². The van der Waals surface area contributed by atoms with Crippen LogP contribution in [-0.4, -0.2) is 36.6 Å². The van der Waals surface area contributed by atoms with Crippen molar-refractivity contribution in [3.05, 3.63) is 29.8 Å². The number of hydrogen-bond donors (Lipinski definition) is 0. The summed E-state index contributed by atoms with van der Waals surface area (Å²) in [5, 5.41) is 0. The summed E-state index contributed by atoms with van der Waals surface area (Å²) in [7, 11) is 1.60. The quantitative estimate of drug-likeness (QED) is 0.770. The van der Waals surface area contributed by atoms with Crippen molar-refractivity contribution >= 4 is 12.0 Å². The van der Waals surface area contributed by atoms with Crippen LogP contribution in [0.3, 0.4) is 0 Å². The SMILES string of the molecule is C/C=C/c1ccc(OCC(=O)N(C(C)C)C(C)C)c(OC)c1. The minimum atomic E-state index is -0.0235. The molecule has 0 aliphatic heterocycles. The number of amides is 1. The first kappa shape index (κ1) is 18.1. The summed E-state index contributed by atoms with van der Waals surface area (Å²) >= 11 is 0. The van der Waals surface area contributed by atoms with E-state index in [1.165, 1.54) is 0 Å². The number of ether oxygens (including phenoxy) is 2. The number of nitrogens with zero attached hydrogens (tertiary/aromatic N) is 1. The normalized spacial score (nSPS) is 11.3. The molecule has 1 aromatic rings. The smallest absolute Gasteiger partial charge is 0.260 e. The molecule has 1 rings (SSSR count). The van der Waals surface area contributed by atoms with E-state index in [-0.39, 0.29) is 24.6 Å². The van der Waals surface area contributed by atoms with Crippen molar-refractivity contribution in [1.29, 1.82) is 0 Å². The predicted octanol–water partition coefficient (Wildman–Crippen LogP) is 3.75. The van der Waals surface area contributed by atoms with E-state index in [1.54, 1.807) is 7.11 Å². The van der Waals surface area contributed by atoms with Gasteiger partial charge in [0.1, 0.15) is 0 Å². The lowest BCUT2D eigenvalue weighted by atomic mass is 10.2. The number of carbonyl (C=O) groups is 1. The molecule has 0 radical (unpaired) electrons. The molecule has 0 saturated heterocycles. The second-order valence-corrected chi connectivity index (χ2v) is 5.69. The van der Waals surface area contributed by atoms with Gasteiger partial charge in [0.25, 0.3) is 5.91 Å². The fraction of sp³-hybridized carbons (Fsp3) is 0.500. The highest BCUT2D eigenvalue weighted by Gasteiger charge is 2.20. The molecule has 22 heavy (non-hydrogen) atoms. The van der Waals surface area contributed by atoms with E-state index in [4.69, 9.17) is 9.47 Å². The van der Waals surface area contributed by atoms with Crippen molar-refractivity contribution in [3.63, 3.8) is 0 Å². The van der Waals surface area contributed by atoms with E-state index in [0.29, 0.717) is 11.5 Å². The van der Waals surface area contributed by atoms with Gasteiger partial charge in [-0.3, -0.25) is 4.79 Å². The van der Waals surface area contributed by atoms with E-state index < -0.39 is 0 Å². The lowest BCUT2D eigenvalue weighted by Crippen LogP contribution is -2.44. The molecule has 0 atom stereocenters. The van der Waals surface area contributed by atoms with Gasteiger partial charge >= 0.3 is 0 Å². The number of methoxy groups -OCH3 is 1. The Labute approximate surface area is 133 Å². The first-order chi connectivity index (χ1) is 10.4. The first-order valence-corrected chi connectivity index (χ1v) is 7.65. The Morgan fingerprint density at radius 1 is 1.18 bits per heavy atom. The van der Waals surface area contributed by atoms with Crippen LogP contribution in [0.15, 0.2) is 24.3 Å². The van der Waals surface area contributed by atoms with Crippen LogP contribution in [0, 0.1) is 0 Å². The number of benzene rings is 1. The van der Waals surface area contributed by atoms with Gasteiger partial charge in [-0.1, -0.05) is 18.2 Å². The third-order valence-electron chi connectivity index (χ3n) is 3.30. The monoisotopic (exact) mass is 305 g/mol. The molecule has 0 saturated carbocycles. The zero-order valence-electron chi connectivity index (χ0n) is 14.4. The lowest BCUT2D eigenvalue weighted by Gasteiger charge is -2.30. The summed E-state index contributed by atoms with van der Waals surface area (Å²) in [6.07, 6.45) is 3.94. The van der Waals surface area contributed by atoms with Gasteiger partial charge in [0.15, 0.2) is 18.1 Å². The molecule has 122 valence electrons. The van der Waals surface area contributed by atoms with Crippen LogP contribution in [0.4, 0.5) is 0 Å². The van der Waals surface area contributed by atoms with Crippen LogP contribution < -0.4 is 9.47 Å². The second-order valence-electron chi connectivity index (χ2n) is 5.69. The van der Waals surface area contributed by atoms with Crippen molar-refractivity contribution in [2.75, 3.05) is 13.7 Å². The van der Waals surface area contributed by atoms with Crippen molar-refractivity contribution in [3.8, 4) is 11.5 Å². The third kappa shape index (κ3) is 4.79. The van der Waals surface area contributed by atoms with Crippen LogP contribution in [0.5, 0.6) is 11.5 Å². The Bertz CT molecular complexity index is 513. The summed E-state index contributed by atoms with van der Waals surface area (Å²) < 4.78 is 11.0. The van der Waals surface area contributed by atoms with E-state index in [9.17, 15) is 4.79 Å². The minimum absolute atomic E-state index is 0.00961. The zero-order valence-corrected chi connectivity index (χ0v) is 14.4. The third-order valence-corrected chi connectivity index (χ3v) is 3.30. The molecule has 1 amide bonds. The molecule has 0 bridgehead atoms. The molecule has 0 aliphatic carbocycles. The van der Waals surface area contributed by atoms with Crippen molar-refractivity contribution in [2.45, 2.75) is 46.7 Å². The standard InChI is InChI=1S/C18H27NO3/c1-7-8-15-9-10-16(17(11-15)21-6)22-12-18(20)19(13(2)3)14(4)5/h7-11,13-14H,12H2,1-6H3/b8-7+. The van der Waals surface area contributed by atoms with Crippen LogP contribution in [0.1, 0.15) is 40.2 Å².